The van der Waals surface area contributed by atoms with Crippen molar-refractivity contribution in [3.05, 3.63) is 0 Å². The maximum atomic E-state index is 6.42. The van der Waals surface area contributed by atoms with Gasteiger partial charge in [0.1, 0.15) is 5.60 Å². The number of hydrogen-bond donors (Lipinski definition) is 1. The van der Waals surface area contributed by atoms with E-state index >= 15 is 0 Å². The van der Waals surface area contributed by atoms with Crippen molar-refractivity contribution in [3.8, 4) is 0 Å². The Morgan fingerprint density at radius 1 is 1.07 bits per heavy atom. The Labute approximate surface area is 91.5 Å². The van der Waals surface area contributed by atoms with Gasteiger partial charge in [0.25, 0.3) is 0 Å². The molecule has 0 amide bonds. The Morgan fingerprint density at radius 3 is 2.87 bits per heavy atom. The van der Waals surface area contributed by atoms with E-state index < -0.39 is 0 Å². The van der Waals surface area contributed by atoms with Crippen LogP contribution >= 0.6 is 0 Å². The number of rotatable bonds is 0. The molecule has 1 heterocycles. The Bertz CT molecular complexity index is 305. The Morgan fingerprint density at radius 2 is 1.93 bits per heavy atom. The molecule has 2 N–H and O–H groups in total. The van der Waals surface area contributed by atoms with Crippen LogP contribution in [0.3, 0.4) is 0 Å². The summed E-state index contributed by atoms with van der Waals surface area (Å²) in [7, 11) is 0. The molecule has 0 aromatic heterocycles. The SMILES string of the molecule is N[C@H]1[C@@H]2CCC[C@@H]1[C@]13CCCC[C@@]1(C2)O3. The third kappa shape index (κ3) is 0.898. The van der Waals surface area contributed by atoms with Crippen molar-refractivity contribution in [2.45, 2.75) is 68.6 Å². The summed E-state index contributed by atoms with van der Waals surface area (Å²) in [5.74, 6) is 1.47. The molecule has 2 nitrogen and oxygen atoms in total. The molecular weight excluding hydrogens is 186 g/mol. The first-order valence-corrected chi connectivity index (χ1v) is 6.73. The van der Waals surface area contributed by atoms with Crippen LogP contribution in [0.15, 0.2) is 0 Å². The van der Waals surface area contributed by atoms with E-state index in [1.807, 2.05) is 0 Å². The summed E-state index contributed by atoms with van der Waals surface area (Å²) in [6.07, 6.45) is 10.8. The molecule has 0 aromatic carbocycles. The van der Waals surface area contributed by atoms with Crippen molar-refractivity contribution in [2.24, 2.45) is 17.6 Å². The Balaban J connectivity index is 1.74. The molecule has 1 aliphatic heterocycles. The summed E-state index contributed by atoms with van der Waals surface area (Å²) in [6.45, 7) is 0. The number of nitrogens with two attached hydrogens (primary N) is 1. The van der Waals surface area contributed by atoms with Crippen LogP contribution in [0.2, 0.25) is 0 Å². The molecular formula is C13H21NO. The lowest BCUT2D eigenvalue weighted by molar-refractivity contribution is 0.0821. The molecule has 4 fully saturated rings. The fourth-order valence-corrected chi connectivity index (χ4v) is 5.10. The number of fused-ring (bicyclic) bond motifs is 2. The van der Waals surface area contributed by atoms with Gasteiger partial charge in [-0.15, -0.1) is 0 Å². The quantitative estimate of drug-likeness (QED) is 0.618. The van der Waals surface area contributed by atoms with Crippen LogP contribution in [-0.4, -0.2) is 17.2 Å². The number of ether oxygens (including phenoxy) is 1. The van der Waals surface area contributed by atoms with E-state index in [1.54, 1.807) is 0 Å². The molecule has 3 aliphatic carbocycles. The molecule has 2 heteroatoms. The second kappa shape index (κ2) is 2.60. The summed E-state index contributed by atoms with van der Waals surface area (Å²) < 4.78 is 6.32. The zero-order valence-corrected chi connectivity index (χ0v) is 9.37. The third-order valence-corrected chi connectivity index (χ3v) is 5.78. The van der Waals surface area contributed by atoms with Crippen LogP contribution in [0.4, 0.5) is 0 Å². The lowest BCUT2D eigenvalue weighted by Gasteiger charge is -2.47. The second-order valence-electron chi connectivity index (χ2n) is 6.27. The lowest BCUT2D eigenvalue weighted by Crippen LogP contribution is -2.56. The van der Waals surface area contributed by atoms with Gasteiger partial charge in [0, 0.05) is 12.0 Å². The topological polar surface area (TPSA) is 38.5 Å². The minimum absolute atomic E-state index is 0.265. The van der Waals surface area contributed by atoms with Crippen molar-refractivity contribution in [2.75, 3.05) is 0 Å². The largest absolute Gasteiger partial charge is 0.362 e. The summed E-state index contributed by atoms with van der Waals surface area (Å²) in [5.41, 5.74) is 7.00. The van der Waals surface area contributed by atoms with Gasteiger partial charge in [0.15, 0.2) is 0 Å². The van der Waals surface area contributed by atoms with Crippen molar-refractivity contribution < 1.29 is 4.74 Å². The number of hydrogen-bond acceptors (Lipinski definition) is 2. The highest BCUT2D eigenvalue weighted by molar-refractivity contribution is 5.26. The average molecular weight is 207 g/mol. The number of epoxide rings is 1. The third-order valence-electron chi connectivity index (χ3n) is 5.78. The monoisotopic (exact) mass is 207 g/mol. The molecule has 4 aliphatic rings. The van der Waals surface area contributed by atoms with Gasteiger partial charge in [0.05, 0.1) is 5.60 Å². The van der Waals surface area contributed by atoms with Crippen molar-refractivity contribution >= 4 is 0 Å². The van der Waals surface area contributed by atoms with E-state index in [1.165, 1.54) is 51.4 Å². The van der Waals surface area contributed by atoms with Gasteiger partial charge in [-0.1, -0.05) is 19.3 Å². The van der Waals surface area contributed by atoms with Gasteiger partial charge >= 0.3 is 0 Å². The molecule has 4 rings (SSSR count). The molecule has 3 saturated carbocycles. The standard InChI is InChI=1S/C13H21NO/c14-11-9-4-3-5-10(11)13-7-2-1-6-12(13,8-9)15-13/h9-11H,1-8,14H2/t9-,10+,11+,12+,13-/m1/s1. The molecule has 0 unspecified atom stereocenters. The summed E-state index contributed by atoms with van der Waals surface area (Å²) >= 11 is 0. The van der Waals surface area contributed by atoms with Gasteiger partial charge in [-0.2, -0.15) is 0 Å². The summed E-state index contributed by atoms with van der Waals surface area (Å²) in [6, 6.07) is 0.451. The van der Waals surface area contributed by atoms with Gasteiger partial charge in [-0.05, 0) is 38.0 Å². The fourth-order valence-electron chi connectivity index (χ4n) is 5.10. The van der Waals surface area contributed by atoms with Crippen molar-refractivity contribution in [3.63, 3.8) is 0 Å². The smallest absolute Gasteiger partial charge is 0.102 e. The Hall–Kier alpha value is -0.0800. The molecule has 15 heavy (non-hydrogen) atoms. The predicted molar refractivity (Wildman–Crippen MR) is 58.4 cm³/mol. The molecule has 0 radical (unpaired) electrons. The van der Waals surface area contributed by atoms with Crippen molar-refractivity contribution in [1.82, 2.24) is 0 Å². The van der Waals surface area contributed by atoms with Crippen LogP contribution < -0.4 is 5.73 Å². The van der Waals surface area contributed by atoms with E-state index in [0.29, 0.717) is 17.6 Å². The molecule has 1 saturated heterocycles. The van der Waals surface area contributed by atoms with Gasteiger partial charge < -0.3 is 10.5 Å². The second-order valence-corrected chi connectivity index (χ2v) is 6.27. The summed E-state index contributed by atoms with van der Waals surface area (Å²) in [4.78, 5) is 0. The summed E-state index contributed by atoms with van der Waals surface area (Å²) in [5, 5.41) is 0. The van der Waals surface area contributed by atoms with Crippen LogP contribution in [0.25, 0.3) is 0 Å². The molecule has 2 bridgehead atoms. The first-order valence-electron chi connectivity index (χ1n) is 6.73. The fraction of sp³-hybridized carbons (Fsp3) is 1.00. The zero-order valence-electron chi connectivity index (χ0n) is 9.37. The maximum Gasteiger partial charge on any atom is 0.102 e. The first-order chi connectivity index (χ1) is 7.28. The Kier molecular flexibility index (Phi) is 1.56. The predicted octanol–water partition coefficient (Wildman–Crippen LogP) is 2.22. The maximum absolute atomic E-state index is 6.42. The molecule has 0 spiro atoms. The highest BCUT2D eigenvalue weighted by Gasteiger charge is 2.77. The van der Waals surface area contributed by atoms with Gasteiger partial charge in [0.2, 0.25) is 0 Å². The lowest BCUT2D eigenvalue weighted by atomic mass is 9.56. The first kappa shape index (κ1) is 9.00. The van der Waals surface area contributed by atoms with E-state index in [-0.39, 0.29) is 5.60 Å². The van der Waals surface area contributed by atoms with E-state index in [9.17, 15) is 0 Å². The van der Waals surface area contributed by atoms with Crippen LogP contribution in [0.1, 0.15) is 51.4 Å². The molecule has 0 aromatic rings. The van der Waals surface area contributed by atoms with Crippen LogP contribution in [-0.2, 0) is 4.74 Å². The van der Waals surface area contributed by atoms with Crippen LogP contribution in [0, 0.1) is 11.8 Å². The zero-order chi connectivity index (χ0) is 10.1. The molecule has 5 atom stereocenters. The van der Waals surface area contributed by atoms with E-state index in [4.69, 9.17) is 10.5 Å². The molecule has 84 valence electrons. The van der Waals surface area contributed by atoms with E-state index in [0.717, 1.165) is 5.92 Å². The minimum atomic E-state index is 0.265. The minimum Gasteiger partial charge on any atom is -0.362 e. The van der Waals surface area contributed by atoms with Crippen molar-refractivity contribution in [1.29, 1.82) is 0 Å². The normalized spacial score (nSPS) is 61.8. The van der Waals surface area contributed by atoms with Gasteiger partial charge in [-0.3, -0.25) is 0 Å². The highest BCUT2D eigenvalue weighted by atomic mass is 16.6. The van der Waals surface area contributed by atoms with Gasteiger partial charge in [-0.25, -0.2) is 0 Å². The highest BCUT2D eigenvalue weighted by Crippen LogP contribution is 2.69. The van der Waals surface area contributed by atoms with E-state index in [2.05, 4.69) is 0 Å². The average Bonchev–Trinajstić information content (AvgIpc) is 2.88. The van der Waals surface area contributed by atoms with Crippen LogP contribution in [0.5, 0.6) is 0 Å².